The Morgan fingerprint density at radius 1 is 0.919 bits per heavy atom. The van der Waals surface area contributed by atoms with E-state index in [1.165, 1.54) is 4.90 Å². The second kappa shape index (κ2) is 13.5. The van der Waals surface area contributed by atoms with Crippen molar-refractivity contribution in [3.8, 4) is 5.75 Å². The second-order valence-corrected chi connectivity index (χ2v) is 10.4. The molecule has 2 amide bonds. The quantitative estimate of drug-likeness (QED) is 0.306. The van der Waals surface area contributed by atoms with E-state index >= 15 is 0 Å². The zero-order valence-corrected chi connectivity index (χ0v) is 23.3. The molecule has 37 heavy (non-hydrogen) atoms. The summed E-state index contributed by atoms with van der Waals surface area (Å²) in [6, 6.07) is 19.8. The van der Waals surface area contributed by atoms with Crippen LogP contribution in [-0.2, 0) is 22.6 Å². The highest BCUT2D eigenvalue weighted by Crippen LogP contribution is 2.28. The molecule has 7 heteroatoms. The van der Waals surface area contributed by atoms with Gasteiger partial charge in [-0.15, -0.1) is 0 Å². The van der Waals surface area contributed by atoms with Crippen LogP contribution < -0.4 is 10.1 Å². The van der Waals surface area contributed by atoms with Gasteiger partial charge in [0.1, 0.15) is 11.8 Å². The molecule has 1 unspecified atom stereocenters. The Balaban J connectivity index is 1.97. The van der Waals surface area contributed by atoms with Gasteiger partial charge in [-0.3, -0.25) is 9.59 Å². The molecule has 0 heterocycles. The molecule has 0 saturated carbocycles. The Morgan fingerprint density at radius 2 is 1.57 bits per heavy atom. The number of nitrogens with one attached hydrogen (secondary N) is 1. The lowest BCUT2D eigenvalue weighted by Crippen LogP contribution is -2.52. The maximum atomic E-state index is 13.7. The van der Waals surface area contributed by atoms with Crippen LogP contribution in [-0.4, -0.2) is 35.9 Å². The van der Waals surface area contributed by atoms with Crippen LogP contribution in [0.5, 0.6) is 5.75 Å². The first kappa shape index (κ1) is 28.5. The zero-order valence-electron chi connectivity index (χ0n) is 21.8. The highest BCUT2D eigenvalue weighted by molar-refractivity contribution is 6.36. The fourth-order valence-corrected chi connectivity index (χ4v) is 4.45. The third-order valence-electron chi connectivity index (χ3n) is 6.25. The molecule has 0 bridgehead atoms. The Hall–Kier alpha value is -3.02. The molecule has 0 aromatic heterocycles. The van der Waals surface area contributed by atoms with E-state index in [9.17, 15) is 9.59 Å². The molecule has 0 aliphatic carbocycles. The average Bonchev–Trinajstić information content (AvgIpc) is 2.87. The summed E-state index contributed by atoms with van der Waals surface area (Å²) in [7, 11) is 0. The third kappa shape index (κ3) is 7.98. The van der Waals surface area contributed by atoms with E-state index in [2.05, 4.69) is 5.32 Å². The first-order chi connectivity index (χ1) is 17.7. The van der Waals surface area contributed by atoms with E-state index in [0.717, 1.165) is 16.7 Å². The fourth-order valence-electron chi connectivity index (χ4n) is 3.93. The molecule has 196 valence electrons. The van der Waals surface area contributed by atoms with Gasteiger partial charge < -0.3 is 15.0 Å². The van der Waals surface area contributed by atoms with Crippen LogP contribution >= 0.6 is 23.2 Å². The van der Waals surface area contributed by atoms with Crippen LogP contribution in [0.2, 0.25) is 10.0 Å². The number of hydrogen-bond acceptors (Lipinski definition) is 3. The summed E-state index contributed by atoms with van der Waals surface area (Å²) < 4.78 is 5.95. The zero-order chi connectivity index (χ0) is 26.9. The molecule has 0 saturated heterocycles. The van der Waals surface area contributed by atoms with Crippen molar-refractivity contribution < 1.29 is 14.3 Å². The number of halogens is 2. The summed E-state index contributed by atoms with van der Waals surface area (Å²) in [6.07, 6.45) is 0.335. The average molecular weight is 542 g/mol. The first-order valence-corrected chi connectivity index (χ1v) is 13.2. The van der Waals surface area contributed by atoms with Crippen LogP contribution in [0.4, 0.5) is 0 Å². The van der Waals surface area contributed by atoms with Gasteiger partial charge >= 0.3 is 0 Å². The van der Waals surface area contributed by atoms with Gasteiger partial charge in [-0.1, -0.05) is 85.6 Å². The minimum Gasteiger partial charge on any atom is -0.483 e. The lowest BCUT2D eigenvalue weighted by molar-refractivity contribution is -0.142. The number of carbonyl (C=O) groups excluding carboxylic acids is 2. The SMILES string of the molecule is Cc1cccc(OCC(=O)N(Cc2c(Cl)cccc2Cl)C(Cc2ccccc2)C(=O)NCC(C)C)c1C. The van der Waals surface area contributed by atoms with Crippen LogP contribution in [0, 0.1) is 19.8 Å². The molecule has 0 spiro atoms. The van der Waals surface area contributed by atoms with Crippen molar-refractivity contribution in [2.75, 3.05) is 13.2 Å². The van der Waals surface area contributed by atoms with Crippen LogP contribution in [0.3, 0.4) is 0 Å². The van der Waals surface area contributed by atoms with Crippen LogP contribution in [0.15, 0.2) is 66.7 Å². The standard InChI is InChI=1S/C30H34Cl2N2O3/c1-20(2)17-33-30(36)27(16-23-11-6-5-7-12-23)34(18-24-25(31)13-9-14-26(24)32)29(35)19-37-28-15-8-10-21(3)22(28)4/h5-15,20,27H,16-19H2,1-4H3,(H,33,36). The normalized spacial score (nSPS) is 11.8. The summed E-state index contributed by atoms with van der Waals surface area (Å²) in [5.74, 6) is 0.322. The Labute approximate surface area is 229 Å². The number of nitrogens with zero attached hydrogens (tertiary/aromatic N) is 1. The summed E-state index contributed by atoms with van der Waals surface area (Å²) in [6.45, 7) is 8.33. The molecule has 1 N–H and O–H groups in total. The lowest BCUT2D eigenvalue weighted by Gasteiger charge is -2.32. The summed E-state index contributed by atoms with van der Waals surface area (Å²) in [5.41, 5.74) is 3.55. The minimum atomic E-state index is -0.789. The maximum Gasteiger partial charge on any atom is 0.261 e. The lowest BCUT2D eigenvalue weighted by atomic mass is 10.0. The Morgan fingerprint density at radius 3 is 2.22 bits per heavy atom. The van der Waals surface area contributed by atoms with Gasteiger partial charge in [0, 0.05) is 35.1 Å². The van der Waals surface area contributed by atoms with Crippen molar-refractivity contribution in [3.63, 3.8) is 0 Å². The van der Waals surface area contributed by atoms with Crippen molar-refractivity contribution in [1.29, 1.82) is 0 Å². The van der Waals surface area contributed by atoms with Crippen molar-refractivity contribution >= 4 is 35.0 Å². The van der Waals surface area contributed by atoms with Gasteiger partial charge in [-0.2, -0.15) is 0 Å². The van der Waals surface area contributed by atoms with Crippen molar-refractivity contribution in [2.45, 2.75) is 46.7 Å². The minimum absolute atomic E-state index is 0.0695. The highest BCUT2D eigenvalue weighted by Gasteiger charge is 2.31. The molecule has 0 fully saturated rings. The summed E-state index contributed by atoms with van der Waals surface area (Å²) in [4.78, 5) is 28.8. The van der Waals surface area contributed by atoms with Gasteiger partial charge in [0.25, 0.3) is 5.91 Å². The van der Waals surface area contributed by atoms with E-state index in [-0.39, 0.29) is 30.9 Å². The molecule has 5 nitrogen and oxygen atoms in total. The molecule has 3 aromatic rings. The van der Waals surface area contributed by atoms with E-state index in [0.29, 0.717) is 34.3 Å². The number of ether oxygens (including phenoxy) is 1. The first-order valence-electron chi connectivity index (χ1n) is 12.4. The van der Waals surface area contributed by atoms with E-state index < -0.39 is 6.04 Å². The largest absolute Gasteiger partial charge is 0.483 e. The van der Waals surface area contributed by atoms with Gasteiger partial charge in [-0.25, -0.2) is 0 Å². The predicted molar refractivity (Wildman–Crippen MR) is 150 cm³/mol. The third-order valence-corrected chi connectivity index (χ3v) is 6.96. The number of carbonyl (C=O) groups is 2. The molecule has 0 radical (unpaired) electrons. The number of amides is 2. The smallest absolute Gasteiger partial charge is 0.261 e. The van der Waals surface area contributed by atoms with Crippen LogP contribution in [0.25, 0.3) is 0 Å². The molecule has 1 atom stereocenters. The van der Waals surface area contributed by atoms with Gasteiger partial charge in [-0.05, 0) is 54.7 Å². The second-order valence-electron chi connectivity index (χ2n) is 9.55. The number of hydrogen-bond donors (Lipinski definition) is 1. The van der Waals surface area contributed by atoms with Gasteiger partial charge in [0.2, 0.25) is 5.91 Å². The van der Waals surface area contributed by atoms with Crippen molar-refractivity contribution in [2.24, 2.45) is 5.92 Å². The van der Waals surface area contributed by atoms with Crippen molar-refractivity contribution in [1.82, 2.24) is 10.2 Å². The highest BCUT2D eigenvalue weighted by atomic mass is 35.5. The molecule has 3 rings (SSSR count). The molecule has 3 aromatic carbocycles. The van der Waals surface area contributed by atoms with Gasteiger partial charge in [0.15, 0.2) is 6.61 Å². The molecular formula is C30H34Cl2N2O3. The summed E-state index contributed by atoms with van der Waals surface area (Å²) in [5, 5.41) is 3.87. The maximum absolute atomic E-state index is 13.7. The summed E-state index contributed by atoms with van der Waals surface area (Å²) >= 11 is 13.0. The topological polar surface area (TPSA) is 58.6 Å². The van der Waals surface area contributed by atoms with E-state index in [4.69, 9.17) is 27.9 Å². The van der Waals surface area contributed by atoms with Gasteiger partial charge in [0.05, 0.1) is 0 Å². The fraction of sp³-hybridized carbons (Fsp3) is 0.333. The molecule has 0 aliphatic rings. The van der Waals surface area contributed by atoms with Crippen LogP contribution in [0.1, 0.15) is 36.1 Å². The Bertz CT molecular complexity index is 1190. The number of rotatable bonds is 11. The monoisotopic (exact) mass is 540 g/mol. The van der Waals surface area contributed by atoms with E-state index in [1.54, 1.807) is 18.2 Å². The molecular weight excluding hydrogens is 507 g/mol. The molecule has 0 aliphatic heterocycles. The Kier molecular flexibility index (Phi) is 10.4. The number of benzene rings is 3. The van der Waals surface area contributed by atoms with Crippen molar-refractivity contribution in [3.05, 3.63) is 99.0 Å². The van der Waals surface area contributed by atoms with E-state index in [1.807, 2.05) is 76.2 Å². The predicted octanol–water partition coefficient (Wildman–Crippen LogP) is 6.40. The number of aryl methyl sites for hydroxylation is 1.